The van der Waals surface area contributed by atoms with Crippen molar-refractivity contribution in [2.45, 2.75) is 32.8 Å². The van der Waals surface area contributed by atoms with Crippen LogP contribution in [0.1, 0.15) is 32.8 Å². The summed E-state index contributed by atoms with van der Waals surface area (Å²) in [5, 5.41) is 2.62. The van der Waals surface area contributed by atoms with Gasteiger partial charge in [0.15, 0.2) is 0 Å². The molecule has 5 heteroatoms. The van der Waals surface area contributed by atoms with Gasteiger partial charge >= 0.3 is 6.09 Å². The zero-order valence-electron chi connectivity index (χ0n) is 12.4. The van der Waals surface area contributed by atoms with Crippen LogP contribution < -0.4 is 5.32 Å². The van der Waals surface area contributed by atoms with Gasteiger partial charge in [-0.3, -0.25) is 0 Å². The SMILES string of the molecule is CC(C)(C)OC(=O)NCCC#Cc1ccccc1N=C=O. The predicted octanol–water partition coefficient (Wildman–Crippen LogP) is 2.92. The van der Waals surface area contributed by atoms with Gasteiger partial charge in [-0.2, -0.15) is 4.99 Å². The number of carbonyl (C=O) groups is 1. The molecule has 0 fully saturated rings. The number of amides is 1. The molecule has 0 aliphatic heterocycles. The minimum absolute atomic E-state index is 0.390. The number of aliphatic imine (C=N–C) groups is 1. The van der Waals surface area contributed by atoms with Crippen LogP contribution in [-0.2, 0) is 9.53 Å². The standard InChI is InChI=1S/C16H18N2O3/c1-16(2,3)21-15(20)17-11-7-6-9-13-8-4-5-10-14(13)18-12-19/h4-5,8,10H,7,11H2,1-3H3,(H,17,20). The molecular formula is C16H18N2O3. The molecule has 0 saturated carbocycles. The lowest BCUT2D eigenvalue weighted by Crippen LogP contribution is -2.32. The topological polar surface area (TPSA) is 67.8 Å². The summed E-state index contributed by atoms with van der Waals surface area (Å²) < 4.78 is 5.10. The largest absolute Gasteiger partial charge is 0.444 e. The summed E-state index contributed by atoms with van der Waals surface area (Å²) in [6.45, 7) is 5.80. The van der Waals surface area contributed by atoms with Crippen LogP contribution in [0.4, 0.5) is 10.5 Å². The zero-order valence-corrected chi connectivity index (χ0v) is 12.4. The van der Waals surface area contributed by atoms with E-state index in [0.717, 1.165) is 0 Å². The highest BCUT2D eigenvalue weighted by Gasteiger charge is 2.15. The highest BCUT2D eigenvalue weighted by Crippen LogP contribution is 2.16. The normalized spacial score (nSPS) is 9.86. The zero-order chi connectivity index (χ0) is 15.7. The lowest BCUT2D eigenvalue weighted by molar-refractivity contribution is 0.0529. The first-order valence-electron chi connectivity index (χ1n) is 6.55. The fourth-order valence-electron chi connectivity index (χ4n) is 1.42. The van der Waals surface area contributed by atoms with Crippen molar-refractivity contribution >= 4 is 17.9 Å². The van der Waals surface area contributed by atoms with Gasteiger partial charge in [0.1, 0.15) is 5.60 Å². The maximum atomic E-state index is 11.4. The van der Waals surface area contributed by atoms with E-state index in [1.165, 1.54) is 6.08 Å². The Hall–Kier alpha value is -2.57. The third kappa shape index (κ3) is 6.95. The van der Waals surface area contributed by atoms with Crippen LogP contribution >= 0.6 is 0 Å². The molecule has 0 saturated heterocycles. The van der Waals surface area contributed by atoms with Crippen molar-refractivity contribution in [1.29, 1.82) is 0 Å². The number of para-hydroxylation sites is 1. The van der Waals surface area contributed by atoms with E-state index in [-0.39, 0.29) is 0 Å². The number of carbonyl (C=O) groups excluding carboxylic acids is 2. The van der Waals surface area contributed by atoms with Gasteiger partial charge in [-0.1, -0.05) is 24.0 Å². The van der Waals surface area contributed by atoms with Crippen LogP contribution in [0.3, 0.4) is 0 Å². The molecular weight excluding hydrogens is 268 g/mol. The second-order valence-corrected chi connectivity index (χ2v) is 5.20. The minimum atomic E-state index is -0.512. The summed E-state index contributed by atoms with van der Waals surface area (Å²) in [5.74, 6) is 5.81. The predicted molar refractivity (Wildman–Crippen MR) is 80.0 cm³/mol. The Bertz CT molecular complexity index is 600. The number of benzene rings is 1. The number of alkyl carbamates (subject to hydrolysis) is 1. The fourth-order valence-corrected chi connectivity index (χ4v) is 1.42. The maximum absolute atomic E-state index is 11.4. The molecule has 0 heterocycles. The number of hydrogen-bond acceptors (Lipinski definition) is 4. The summed E-state index contributed by atoms with van der Waals surface area (Å²) in [6, 6.07) is 7.04. The third-order valence-corrected chi connectivity index (χ3v) is 2.21. The molecule has 5 nitrogen and oxygen atoms in total. The number of hydrogen-bond donors (Lipinski definition) is 1. The van der Waals surface area contributed by atoms with Gasteiger partial charge in [0.2, 0.25) is 6.08 Å². The van der Waals surface area contributed by atoms with Gasteiger partial charge in [0.25, 0.3) is 0 Å². The van der Waals surface area contributed by atoms with Gasteiger partial charge in [-0.15, -0.1) is 0 Å². The van der Waals surface area contributed by atoms with Crippen molar-refractivity contribution in [2.24, 2.45) is 4.99 Å². The van der Waals surface area contributed by atoms with Gasteiger partial charge in [0.05, 0.1) is 11.3 Å². The summed E-state index contributed by atoms with van der Waals surface area (Å²) >= 11 is 0. The van der Waals surface area contributed by atoms with E-state index in [9.17, 15) is 9.59 Å². The first-order valence-corrected chi connectivity index (χ1v) is 6.55. The van der Waals surface area contributed by atoms with Crippen molar-refractivity contribution in [3.05, 3.63) is 29.8 Å². The van der Waals surface area contributed by atoms with E-state index >= 15 is 0 Å². The molecule has 1 N–H and O–H groups in total. The summed E-state index contributed by atoms with van der Waals surface area (Å²) in [7, 11) is 0. The Balaban J connectivity index is 2.47. The second-order valence-electron chi connectivity index (χ2n) is 5.20. The summed E-state index contributed by atoms with van der Waals surface area (Å²) in [6.07, 6.45) is 1.50. The highest BCUT2D eigenvalue weighted by molar-refractivity contribution is 5.67. The van der Waals surface area contributed by atoms with E-state index in [0.29, 0.717) is 24.2 Å². The lowest BCUT2D eigenvalue weighted by atomic mass is 10.2. The monoisotopic (exact) mass is 286 g/mol. The summed E-state index contributed by atoms with van der Waals surface area (Å²) in [4.78, 5) is 25.3. The Morgan fingerprint density at radius 2 is 2.05 bits per heavy atom. The average molecular weight is 286 g/mol. The van der Waals surface area contributed by atoms with Crippen LogP contribution in [0, 0.1) is 11.8 Å². The Morgan fingerprint density at radius 1 is 1.33 bits per heavy atom. The smallest absolute Gasteiger partial charge is 0.407 e. The second kappa shape index (κ2) is 7.88. The quantitative estimate of drug-likeness (QED) is 0.402. The van der Waals surface area contributed by atoms with E-state index in [1.54, 1.807) is 39.0 Å². The molecule has 1 rings (SSSR count). The molecule has 0 atom stereocenters. The maximum Gasteiger partial charge on any atom is 0.407 e. The molecule has 0 aliphatic rings. The van der Waals surface area contributed by atoms with Crippen LogP contribution in [-0.4, -0.2) is 24.3 Å². The Morgan fingerprint density at radius 3 is 2.71 bits per heavy atom. The van der Waals surface area contributed by atoms with E-state index in [2.05, 4.69) is 22.2 Å². The molecule has 110 valence electrons. The third-order valence-electron chi connectivity index (χ3n) is 2.21. The van der Waals surface area contributed by atoms with Gasteiger partial charge in [-0.05, 0) is 32.9 Å². The van der Waals surface area contributed by atoms with Crippen LogP contribution in [0.5, 0.6) is 0 Å². The lowest BCUT2D eigenvalue weighted by Gasteiger charge is -2.19. The number of isocyanates is 1. The summed E-state index contributed by atoms with van der Waals surface area (Å²) in [5.41, 5.74) is 0.625. The molecule has 0 bridgehead atoms. The molecule has 0 spiro atoms. The van der Waals surface area contributed by atoms with Gasteiger partial charge < -0.3 is 10.1 Å². The Kier molecular flexibility index (Phi) is 6.19. The van der Waals surface area contributed by atoms with Crippen molar-refractivity contribution in [3.63, 3.8) is 0 Å². The molecule has 0 unspecified atom stereocenters. The van der Waals surface area contributed by atoms with E-state index < -0.39 is 11.7 Å². The molecule has 1 aromatic rings. The minimum Gasteiger partial charge on any atom is -0.444 e. The first kappa shape index (κ1) is 16.5. The number of rotatable bonds is 3. The van der Waals surface area contributed by atoms with Crippen LogP contribution in [0.15, 0.2) is 29.3 Å². The van der Waals surface area contributed by atoms with Crippen molar-refractivity contribution < 1.29 is 14.3 Å². The molecule has 0 aliphatic carbocycles. The fraction of sp³-hybridized carbons (Fsp3) is 0.375. The van der Waals surface area contributed by atoms with Crippen molar-refractivity contribution in [3.8, 4) is 11.8 Å². The number of nitrogens with one attached hydrogen (secondary N) is 1. The Labute approximate surface area is 124 Å². The van der Waals surface area contributed by atoms with E-state index in [1.807, 2.05) is 6.07 Å². The molecule has 1 aromatic carbocycles. The van der Waals surface area contributed by atoms with E-state index in [4.69, 9.17) is 4.74 Å². The first-order chi connectivity index (χ1) is 9.92. The molecule has 0 radical (unpaired) electrons. The van der Waals surface area contributed by atoms with Crippen LogP contribution in [0.25, 0.3) is 0 Å². The van der Waals surface area contributed by atoms with Crippen LogP contribution in [0.2, 0.25) is 0 Å². The van der Waals surface area contributed by atoms with Crippen molar-refractivity contribution in [1.82, 2.24) is 5.32 Å². The molecule has 0 aromatic heterocycles. The van der Waals surface area contributed by atoms with Gasteiger partial charge in [-0.25, -0.2) is 9.59 Å². The molecule has 21 heavy (non-hydrogen) atoms. The van der Waals surface area contributed by atoms with Gasteiger partial charge in [0, 0.05) is 13.0 Å². The number of nitrogens with zero attached hydrogens (tertiary/aromatic N) is 1. The molecule has 1 amide bonds. The van der Waals surface area contributed by atoms with Crippen molar-refractivity contribution in [2.75, 3.05) is 6.54 Å². The highest BCUT2D eigenvalue weighted by atomic mass is 16.6. The average Bonchev–Trinajstić information content (AvgIpc) is 2.38. The number of ether oxygens (including phenoxy) is 1.